The van der Waals surface area contributed by atoms with Gasteiger partial charge in [-0.2, -0.15) is 9.97 Å². The van der Waals surface area contributed by atoms with Gasteiger partial charge < -0.3 is 17.2 Å². The van der Waals surface area contributed by atoms with Gasteiger partial charge in [0.15, 0.2) is 0 Å². The molecule has 0 radical (unpaired) electrons. The predicted octanol–water partition coefficient (Wildman–Crippen LogP) is 2.23. The van der Waals surface area contributed by atoms with Crippen LogP contribution in [0, 0.1) is 11.8 Å². The molecule has 18 heavy (non-hydrogen) atoms. The SMILES string of the molecule is CC(C)CCC(C)CCc1c(N)nc(N)nc1N. The standard InChI is InChI=1S/C13H25N5/c1-8(2)4-5-9(3)6-7-10-11(14)17-13(16)18-12(10)15/h8-9H,4-7H2,1-3H3,(H6,14,15,16,17,18). The molecule has 102 valence electrons. The van der Waals surface area contributed by atoms with Crippen molar-refractivity contribution in [3.05, 3.63) is 5.56 Å². The third-order valence-electron chi connectivity index (χ3n) is 3.21. The van der Waals surface area contributed by atoms with E-state index in [1.54, 1.807) is 0 Å². The Morgan fingerprint density at radius 2 is 1.44 bits per heavy atom. The van der Waals surface area contributed by atoms with Gasteiger partial charge in [-0.15, -0.1) is 0 Å². The second-order valence-electron chi connectivity index (χ2n) is 5.45. The van der Waals surface area contributed by atoms with Crippen LogP contribution in [-0.4, -0.2) is 9.97 Å². The Hall–Kier alpha value is -1.52. The molecule has 0 aromatic carbocycles. The van der Waals surface area contributed by atoms with Crippen molar-refractivity contribution < 1.29 is 0 Å². The molecule has 1 heterocycles. The molecule has 0 amide bonds. The number of nitrogens with zero attached hydrogens (tertiary/aromatic N) is 2. The van der Waals surface area contributed by atoms with E-state index in [4.69, 9.17) is 17.2 Å². The average Bonchev–Trinajstić information content (AvgIpc) is 2.24. The molecule has 0 saturated heterocycles. The monoisotopic (exact) mass is 251 g/mol. The first-order valence-electron chi connectivity index (χ1n) is 6.57. The van der Waals surface area contributed by atoms with Crippen molar-refractivity contribution in [2.45, 2.75) is 46.5 Å². The lowest BCUT2D eigenvalue weighted by atomic mass is 9.94. The second-order valence-corrected chi connectivity index (χ2v) is 5.45. The maximum absolute atomic E-state index is 5.82. The Labute approximate surface area is 109 Å². The van der Waals surface area contributed by atoms with Crippen LogP contribution < -0.4 is 17.2 Å². The molecule has 0 spiro atoms. The minimum absolute atomic E-state index is 0.140. The highest BCUT2D eigenvalue weighted by molar-refractivity contribution is 5.55. The summed E-state index contributed by atoms with van der Waals surface area (Å²) < 4.78 is 0. The third-order valence-corrected chi connectivity index (χ3v) is 3.21. The van der Waals surface area contributed by atoms with E-state index in [9.17, 15) is 0 Å². The summed E-state index contributed by atoms with van der Waals surface area (Å²) in [6.45, 7) is 6.75. The van der Waals surface area contributed by atoms with Crippen LogP contribution in [0.5, 0.6) is 0 Å². The Morgan fingerprint density at radius 1 is 0.889 bits per heavy atom. The molecule has 1 aromatic rings. The van der Waals surface area contributed by atoms with Crippen molar-refractivity contribution in [1.29, 1.82) is 0 Å². The molecule has 0 aliphatic heterocycles. The number of hydrogen-bond donors (Lipinski definition) is 3. The molecule has 0 fully saturated rings. The van der Waals surface area contributed by atoms with E-state index < -0.39 is 0 Å². The predicted molar refractivity (Wildman–Crippen MR) is 76.8 cm³/mol. The Morgan fingerprint density at radius 3 is 1.94 bits per heavy atom. The number of nitrogens with two attached hydrogens (primary N) is 3. The fourth-order valence-electron chi connectivity index (χ4n) is 1.95. The van der Waals surface area contributed by atoms with Gasteiger partial charge in [-0.05, 0) is 24.7 Å². The molecule has 1 unspecified atom stereocenters. The minimum Gasteiger partial charge on any atom is -0.383 e. The van der Waals surface area contributed by atoms with E-state index in [0.717, 1.165) is 24.3 Å². The van der Waals surface area contributed by atoms with Crippen LogP contribution in [0.1, 0.15) is 45.6 Å². The van der Waals surface area contributed by atoms with Crippen LogP contribution in [-0.2, 0) is 6.42 Å². The fourth-order valence-corrected chi connectivity index (χ4v) is 1.95. The summed E-state index contributed by atoms with van der Waals surface area (Å²) in [6.07, 6.45) is 4.35. The Balaban J connectivity index is 2.53. The normalized spacial score (nSPS) is 12.9. The lowest BCUT2D eigenvalue weighted by molar-refractivity contribution is 0.428. The fraction of sp³-hybridized carbons (Fsp3) is 0.692. The van der Waals surface area contributed by atoms with Gasteiger partial charge in [0.25, 0.3) is 0 Å². The lowest BCUT2D eigenvalue weighted by Crippen LogP contribution is -2.10. The molecule has 0 saturated carbocycles. The molecule has 1 rings (SSSR count). The first kappa shape index (κ1) is 14.5. The molecule has 0 aliphatic rings. The van der Waals surface area contributed by atoms with Gasteiger partial charge in [0.1, 0.15) is 11.6 Å². The topological polar surface area (TPSA) is 104 Å². The summed E-state index contributed by atoms with van der Waals surface area (Å²) in [5.74, 6) is 2.37. The number of hydrogen-bond acceptors (Lipinski definition) is 5. The Bertz CT molecular complexity index is 366. The van der Waals surface area contributed by atoms with Crippen molar-refractivity contribution in [2.24, 2.45) is 11.8 Å². The van der Waals surface area contributed by atoms with Crippen LogP contribution >= 0.6 is 0 Å². The zero-order chi connectivity index (χ0) is 13.7. The van der Waals surface area contributed by atoms with E-state index in [0.29, 0.717) is 17.6 Å². The van der Waals surface area contributed by atoms with Gasteiger partial charge in [-0.3, -0.25) is 0 Å². The summed E-state index contributed by atoms with van der Waals surface area (Å²) in [5.41, 5.74) is 18.0. The van der Waals surface area contributed by atoms with Crippen LogP contribution in [0.3, 0.4) is 0 Å². The van der Waals surface area contributed by atoms with Crippen LogP contribution in [0.15, 0.2) is 0 Å². The quantitative estimate of drug-likeness (QED) is 0.719. The molecule has 5 nitrogen and oxygen atoms in total. The van der Waals surface area contributed by atoms with Crippen molar-refractivity contribution in [2.75, 3.05) is 17.2 Å². The second kappa shape index (κ2) is 6.42. The molecule has 1 atom stereocenters. The zero-order valence-corrected chi connectivity index (χ0v) is 11.6. The zero-order valence-electron chi connectivity index (χ0n) is 11.6. The molecule has 0 aliphatic carbocycles. The molecule has 0 bridgehead atoms. The van der Waals surface area contributed by atoms with Gasteiger partial charge >= 0.3 is 0 Å². The van der Waals surface area contributed by atoms with Gasteiger partial charge in [0, 0.05) is 5.56 Å². The molecular weight excluding hydrogens is 226 g/mol. The first-order chi connectivity index (χ1) is 8.40. The van der Waals surface area contributed by atoms with Gasteiger partial charge in [0.05, 0.1) is 0 Å². The highest BCUT2D eigenvalue weighted by Crippen LogP contribution is 2.22. The van der Waals surface area contributed by atoms with E-state index in [1.807, 2.05) is 0 Å². The van der Waals surface area contributed by atoms with Crippen molar-refractivity contribution in [3.63, 3.8) is 0 Å². The lowest BCUT2D eigenvalue weighted by Gasteiger charge is -2.14. The molecule has 1 aromatic heterocycles. The third kappa shape index (κ3) is 4.39. The van der Waals surface area contributed by atoms with E-state index in [2.05, 4.69) is 30.7 Å². The first-order valence-corrected chi connectivity index (χ1v) is 6.57. The molecule has 6 N–H and O–H groups in total. The number of rotatable bonds is 6. The minimum atomic E-state index is 0.140. The largest absolute Gasteiger partial charge is 0.383 e. The van der Waals surface area contributed by atoms with Crippen molar-refractivity contribution in [3.8, 4) is 0 Å². The Kier molecular flexibility index (Phi) is 5.19. The highest BCUT2D eigenvalue weighted by atomic mass is 15.1. The molecule has 5 heteroatoms. The van der Waals surface area contributed by atoms with Gasteiger partial charge in [0.2, 0.25) is 5.95 Å². The van der Waals surface area contributed by atoms with E-state index in [-0.39, 0.29) is 5.95 Å². The van der Waals surface area contributed by atoms with E-state index in [1.165, 1.54) is 12.8 Å². The highest BCUT2D eigenvalue weighted by Gasteiger charge is 2.11. The number of anilines is 3. The maximum atomic E-state index is 5.82. The van der Waals surface area contributed by atoms with Crippen LogP contribution in [0.25, 0.3) is 0 Å². The summed E-state index contributed by atoms with van der Waals surface area (Å²) in [6, 6.07) is 0. The van der Waals surface area contributed by atoms with Gasteiger partial charge in [-0.1, -0.05) is 33.6 Å². The van der Waals surface area contributed by atoms with Gasteiger partial charge in [-0.25, -0.2) is 0 Å². The number of nitrogen functional groups attached to an aromatic ring is 3. The van der Waals surface area contributed by atoms with Crippen molar-refractivity contribution in [1.82, 2.24) is 9.97 Å². The average molecular weight is 251 g/mol. The van der Waals surface area contributed by atoms with Crippen molar-refractivity contribution >= 4 is 17.6 Å². The summed E-state index contributed by atoms with van der Waals surface area (Å²) in [7, 11) is 0. The summed E-state index contributed by atoms with van der Waals surface area (Å²) >= 11 is 0. The summed E-state index contributed by atoms with van der Waals surface area (Å²) in [5, 5.41) is 0. The maximum Gasteiger partial charge on any atom is 0.223 e. The molecular formula is C13H25N5. The van der Waals surface area contributed by atoms with Crippen LogP contribution in [0.4, 0.5) is 17.6 Å². The van der Waals surface area contributed by atoms with Crippen LogP contribution in [0.2, 0.25) is 0 Å². The van der Waals surface area contributed by atoms with E-state index >= 15 is 0 Å². The summed E-state index contributed by atoms with van der Waals surface area (Å²) in [4.78, 5) is 7.90. The number of aromatic nitrogens is 2. The smallest absolute Gasteiger partial charge is 0.223 e.